The summed E-state index contributed by atoms with van der Waals surface area (Å²) in [5.41, 5.74) is 2.24. The van der Waals surface area contributed by atoms with Crippen molar-refractivity contribution in [3.63, 3.8) is 0 Å². The van der Waals surface area contributed by atoms with Crippen LogP contribution in [-0.4, -0.2) is 37.7 Å². The molecule has 0 unspecified atom stereocenters. The van der Waals surface area contributed by atoms with E-state index in [0.717, 1.165) is 21.8 Å². The lowest BCUT2D eigenvalue weighted by Crippen LogP contribution is -2.02. The topological polar surface area (TPSA) is 82.1 Å². The second kappa shape index (κ2) is 10.1. The summed E-state index contributed by atoms with van der Waals surface area (Å²) in [5.74, 6) is 0.859. The van der Waals surface area contributed by atoms with Crippen LogP contribution in [0.25, 0.3) is 10.4 Å². The molecular weight excluding hydrogens is 416 g/mol. The zero-order valence-electron chi connectivity index (χ0n) is 17.6. The molecule has 0 amide bonds. The minimum absolute atomic E-state index is 0.0625. The Morgan fingerprint density at radius 3 is 2.26 bits per heavy atom. The number of hydrogen-bond acceptors (Lipinski definition) is 6. The average Bonchev–Trinajstić information content (AvgIpc) is 3.18. The van der Waals surface area contributed by atoms with Crippen molar-refractivity contribution in [1.29, 1.82) is 0 Å². The molecule has 3 rings (SSSR count). The molecule has 1 aromatic heterocycles. The highest BCUT2D eigenvalue weighted by Gasteiger charge is 2.19. The van der Waals surface area contributed by atoms with Crippen molar-refractivity contribution in [1.82, 2.24) is 0 Å². The van der Waals surface area contributed by atoms with Crippen LogP contribution in [0.1, 0.15) is 27.7 Å². The van der Waals surface area contributed by atoms with Crippen LogP contribution in [0, 0.1) is 0 Å². The molecule has 0 aliphatic rings. The number of ether oxygens (including phenoxy) is 3. The normalized spacial score (nSPS) is 10.5. The van der Waals surface area contributed by atoms with E-state index in [9.17, 15) is 14.7 Å². The van der Waals surface area contributed by atoms with E-state index in [2.05, 4.69) is 0 Å². The van der Waals surface area contributed by atoms with Gasteiger partial charge in [-0.25, -0.2) is 0 Å². The molecule has 0 aliphatic carbocycles. The minimum Gasteiger partial charge on any atom is -0.494 e. The van der Waals surface area contributed by atoms with Crippen molar-refractivity contribution in [2.24, 2.45) is 0 Å². The van der Waals surface area contributed by atoms with Crippen molar-refractivity contribution < 1.29 is 28.9 Å². The summed E-state index contributed by atoms with van der Waals surface area (Å²) in [7, 11) is 3.09. The molecule has 1 N–H and O–H groups in total. The summed E-state index contributed by atoms with van der Waals surface area (Å²) in [6.07, 6.45) is 0.0569. The number of carbonyl (C=O) groups excluding carboxylic acids is 1. The van der Waals surface area contributed by atoms with Crippen LogP contribution in [0.5, 0.6) is 17.2 Å². The fraction of sp³-hybridized carbons (Fsp3) is 0.250. The predicted octanol–water partition coefficient (Wildman–Crippen LogP) is 4.88. The maximum absolute atomic E-state index is 12.9. The average molecular weight is 441 g/mol. The number of ketones is 1. The first-order chi connectivity index (χ1) is 14.9. The van der Waals surface area contributed by atoms with Crippen molar-refractivity contribution in [3.05, 3.63) is 64.5 Å². The number of rotatable bonds is 10. The van der Waals surface area contributed by atoms with Gasteiger partial charge in [-0.15, -0.1) is 11.3 Å². The summed E-state index contributed by atoms with van der Waals surface area (Å²) in [6, 6.07) is 14.5. The third-order valence-corrected chi connectivity index (χ3v) is 5.94. The van der Waals surface area contributed by atoms with Crippen molar-refractivity contribution in [2.45, 2.75) is 19.8 Å². The highest BCUT2D eigenvalue weighted by atomic mass is 32.1. The molecule has 31 heavy (non-hydrogen) atoms. The fourth-order valence-corrected chi connectivity index (χ4v) is 4.34. The van der Waals surface area contributed by atoms with Gasteiger partial charge in [0.1, 0.15) is 5.75 Å². The number of thiophene rings is 1. The van der Waals surface area contributed by atoms with Crippen LogP contribution in [0.3, 0.4) is 0 Å². The Hall–Kier alpha value is -3.32. The lowest BCUT2D eigenvalue weighted by atomic mass is 10.0. The summed E-state index contributed by atoms with van der Waals surface area (Å²) < 4.78 is 16.1. The smallest absolute Gasteiger partial charge is 0.307 e. The van der Waals surface area contributed by atoms with Gasteiger partial charge in [0.05, 0.1) is 32.1 Å². The highest BCUT2D eigenvalue weighted by Crippen LogP contribution is 2.38. The largest absolute Gasteiger partial charge is 0.494 e. The molecule has 0 spiro atoms. The third-order valence-electron chi connectivity index (χ3n) is 4.67. The van der Waals surface area contributed by atoms with E-state index in [1.165, 1.54) is 11.3 Å². The Morgan fingerprint density at radius 2 is 1.65 bits per heavy atom. The van der Waals surface area contributed by atoms with Gasteiger partial charge in [-0.05, 0) is 60.0 Å². The number of hydrogen-bond donors (Lipinski definition) is 1. The van der Waals surface area contributed by atoms with Crippen LogP contribution in [-0.2, 0) is 17.6 Å². The van der Waals surface area contributed by atoms with Gasteiger partial charge in [-0.1, -0.05) is 12.1 Å². The van der Waals surface area contributed by atoms with E-state index in [1.54, 1.807) is 32.4 Å². The molecule has 0 bridgehead atoms. The Labute approximate surface area is 185 Å². The summed E-state index contributed by atoms with van der Waals surface area (Å²) in [6.45, 7) is 2.50. The fourth-order valence-electron chi connectivity index (χ4n) is 3.22. The van der Waals surface area contributed by atoms with Crippen LogP contribution < -0.4 is 14.2 Å². The van der Waals surface area contributed by atoms with E-state index < -0.39 is 5.97 Å². The molecule has 0 fully saturated rings. The van der Waals surface area contributed by atoms with Crippen molar-refractivity contribution in [3.8, 4) is 27.7 Å². The maximum atomic E-state index is 12.9. The van der Waals surface area contributed by atoms with Crippen LogP contribution in [0.2, 0.25) is 0 Å². The van der Waals surface area contributed by atoms with Gasteiger partial charge >= 0.3 is 5.97 Å². The summed E-state index contributed by atoms with van der Waals surface area (Å²) in [5, 5.41) is 9.34. The van der Waals surface area contributed by atoms with Crippen LogP contribution in [0.4, 0.5) is 0 Å². The first-order valence-corrected chi connectivity index (χ1v) is 10.6. The molecule has 6 nitrogen and oxygen atoms in total. The molecule has 7 heteroatoms. The number of benzene rings is 2. The van der Waals surface area contributed by atoms with E-state index in [-0.39, 0.29) is 18.6 Å². The molecular formula is C24H24O6S. The monoisotopic (exact) mass is 440 g/mol. The lowest BCUT2D eigenvalue weighted by molar-refractivity contribution is -0.136. The number of carbonyl (C=O) groups is 2. The summed E-state index contributed by atoms with van der Waals surface area (Å²) in [4.78, 5) is 25.6. The molecule has 0 aliphatic heterocycles. The number of methoxy groups -OCH3 is 2. The number of carboxylic acids is 1. The van der Waals surface area contributed by atoms with Gasteiger partial charge in [0.25, 0.3) is 0 Å². The number of carboxylic acid groups (broad SMARTS) is 1. The molecule has 0 saturated carbocycles. The zero-order chi connectivity index (χ0) is 22.4. The molecule has 0 radical (unpaired) electrons. The molecule has 0 saturated heterocycles. The zero-order valence-corrected chi connectivity index (χ0v) is 18.5. The van der Waals surface area contributed by atoms with Crippen molar-refractivity contribution in [2.75, 3.05) is 20.8 Å². The molecule has 1 heterocycles. The molecule has 3 aromatic rings. The first-order valence-electron chi connectivity index (χ1n) is 9.77. The first kappa shape index (κ1) is 22.4. The van der Waals surface area contributed by atoms with Gasteiger partial charge < -0.3 is 19.3 Å². The van der Waals surface area contributed by atoms with E-state index >= 15 is 0 Å². The van der Waals surface area contributed by atoms with Gasteiger partial charge in [0, 0.05) is 11.3 Å². The highest BCUT2D eigenvalue weighted by molar-refractivity contribution is 7.17. The Kier molecular flexibility index (Phi) is 7.31. The van der Waals surface area contributed by atoms with Crippen LogP contribution >= 0.6 is 11.3 Å². The van der Waals surface area contributed by atoms with E-state index in [4.69, 9.17) is 14.2 Å². The van der Waals surface area contributed by atoms with Crippen LogP contribution in [0.15, 0.2) is 48.5 Å². The molecule has 2 aromatic carbocycles. The van der Waals surface area contributed by atoms with Gasteiger partial charge in [-0.2, -0.15) is 0 Å². The molecule has 162 valence electrons. The minimum atomic E-state index is -0.954. The number of aliphatic carboxylic acids is 1. The Bertz CT molecular complexity index is 1070. The van der Waals surface area contributed by atoms with Gasteiger partial charge in [0.2, 0.25) is 0 Å². The third kappa shape index (κ3) is 5.44. The Morgan fingerprint density at radius 1 is 0.935 bits per heavy atom. The molecule has 0 atom stereocenters. The lowest BCUT2D eigenvalue weighted by Gasteiger charge is -2.09. The van der Waals surface area contributed by atoms with Gasteiger partial charge in [0.15, 0.2) is 17.3 Å². The Balaban J connectivity index is 1.90. The SMILES string of the molecule is CCOc1ccc(CC(=O)c2cc(CC(=O)O)c(-c3ccc(OC)c(OC)c3)s2)cc1. The predicted molar refractivity (Wildman–Crippen MR) is 120 cm³/mol. The maximum Gasteiger partial charge on any atom is 0.307 e. The van der Waals surface area contributed by atoms with E-state index in [0.29, 0.717) is 28.5 Å². The second-order valence-electron chi connectivity index (χ2n) is 6.78. The van der Waals surface area contributed by atoms with E-state index in [1.807, 2.05) is 37.3 Å². The quantitative estimate of drug-likeness (QED) is 0.452. The standard InChI is InChI=1S/C24H24O6S/c1-4-30-18-8-5-15(6-9-18)11-19(25)22-13-17(14-23(26)27)24(31-22)16-7-10-20(28-2)21(12-16)29-3/h5-10,12-13H,4,11,14H2,1-3H3,(H,26,27). The van der Waals surface area contributed by atoms with Crippen molar-refractivity contribution >= 4 is 23.1 Å². The number of Topliss-reactive ketones (excluding diaryl/α,β-unsaturated/α-hetero) is 1. The summed E-state index contributed by atoms with van der Waals surface area (Å²) >= 11 is 1.29. The van der Waals surface area contributed by atoms with Gasteiger partial charge in [-0.3, -0.25) is 9.59 Å². The second-order valence-corrected chi connectivity index (χ2v) is 7.83.